The molecule has 0 aliphatic rings. The lowest BCUT2D eigenvalue weighted by Crippen LogP contribution is -2.04. The van der Waals surface area contributed by atoms with E-state index in [4.69, 9.17) is 11.0 Å². The fraction of sp³-hybridized carbons (Fsp3) is 0.0769. The Labute approximate surface area is 99.7 Å². The molecule has 3 N–H and O–H groups in total. The molecule has 0 aliphatic carbocycles. The molecule has 2 rings (SSSR count). The Bertz CT molecular complexity index is 543. The predicted molar refractivity (Wildman–Crippen MR) is 67.1 cm³/mol. The van der Waals surface area contributed by atoms with Crippen molar-refractivity contribution in [3.8, 4) is 6.07 Å². The average molecular weight is 224 g/mol. The summed E-state index contributed by atoms with van der Waals surface area (Å²) in [6.07, 6.45) is 1.50. The first-order chi connectivity index (χ1) is 8.29. The van der Waals surface area contributed by atoms with Gasteiger partial charge in [-0.05, 0) is 11.6 Å². The minimum Gasteiger partial charge on any atom is -0.396 e. The van der Waals surface area contributed by atoms with Crippen molar-refractivity contribution in [2.75, 3.05) is 11.1 Å². The second-order valence-electron chi connectivity index (χ2n) is 3.61. The fourth-order valence-electron chi connectivity index (χ4n) is 1.47. The second-order valence-corrected chi connectivity index (χ2v) is 3.61. The normalized spacial score (nSPS) is 9.59. The summed E-state index contributed by atoms with van der Waals surface area (Å²) >= 11 is 0. The summed E-state index contributed by atoms with van der Waals surface area (Å²) in [7, 11) is 0. The van der Waals surface area contributed by atoms with Crippen molar-refractivity contribution in [1.82, 2.24) is 4.98 Å². The van der Waals surface area contributed by atoms with Crippen molar-refractivity contribution in [2.45, 2.75) is 6.54 Å². The summed E-state index contributed by atoms with van der Waals surface area (Å²) in [5, 5.41) is 11.8. The topological polar surface area (TPSA) is 74.7 Å². The summed E-state index contributed by atoms with van der Waals surface area (Å²) in [6.45, 7) is 0.657. The van der Waals surface area contributed by atoms with Crippen LogP contribution in [0.15, 0.2) is 42.6 Å². The zero-order chi connectivity index (χ0) is 12.1. The molecule has 0 unspecified atom stereocenters. The van der Waals surface area contributed by atoms with Gasteiger partial charge in [-0.3, -0.25) is 0 Å². The molecule has 0 atom stereocenters. The number of nitriles is 1. The van der Waals surface area contributed by atoms with Gasteiger partial charge in [-0.2, -0.15) is 5.26 Å². The van der Waals surface area contributed by atoms with Crippen molar-refractivity contribution in [3.05, 3.63) is 53.7 Å². The molecule has 0 radical (unpaired) electrons. The number of nitrogen functional groups attached to an aromatic ring is 1. The number of hydrogen-bond donors (Lipinski definition) is 2. The maximum atomic E-state index is 8.69. The first-order valence-corrected chi connectivity index (χ1v) is 5.23. The van der Waals surface area contributed by atoms with Gasteiger partial charge in [0.15, 0.2) is 0 Å². The van der Waals surface area contributed by atoms with Gasteiger partial charge in [-0.1, -0.05) is 30.3 Å². The summed E-state index contributed by atoms with van der Waals surface area (Å²) in [5.41, 5.74) is 7.89. The minimum atomic E-state index is 0.466. The van der Waals surface area contributed by atoms with Crippen LogP contribution in [-0.4, -0.2) is 4.98 Å². The monoisotopic (exact) mass is 224 g/mol. The van der Waals surface area contributed by atoms with Crippen LogP contribution in [0.5, 0.6) is 0 Å². The van der Waals surface area contributed by atoms with Crippen molar-refractivity contribution < 1.29 is 0 Å². The molecule has 17 heavy (non-hydrogen) atoms. The van der Waals surface area contributed by atoms with Gasteiger partial charge < -0.3 is 11.1 Å². The third-order valence-corrected chi connectivity index (χ3v) is 2.35. The van der Waals surface area contributed by atoms with Crippen LogP contribution in [0, 0.1) is 11.3 Å². The van der Waals surface area contributed by atoms with Crippen LogP contribution in [0.4, 0.5) is 11.5 Å². The number of pyridine rings is 1. The Balaban J connectivity index is 2.08. The number of aromatic nitrogens is 1. The third kappa shape index (κ3) is 2.73. The van der Waals surface area contributed by atoms with E-state index in [2.05, 4.69) is 10.3 Å². The summed E-state index contributed by atoms with van der Waals surface area (Å²) < 4.78 is 0. The largest absolute Gasteiger partial charge is 0.396 e. The molecule has 0 saturated carbocycles. The van der Waals surface area contributed by atoms with Gasteiger partial charge in [0.1, 0.15) is 11.9 Å². The third-order valence-electron chi connectivity index (χ3n) is 2.35. The summed E-state index contributed by atoms with van der Waals surface area (Å²) in [6, 6.07) is 13.6. The van der Waals surface area contributed by atoms with Gasteiger partial charge in [0.05, 0.1) is 11.3 Å². The van der Waals surface area contributed by atoms with Gasteiger partial charge in [0, 0.05) is 12.7 Å². The Kier molecular flexibility index (Phi) is 3.22. The number of nitrogens with zero attached hydrogens (tertiary/aromatic N) is 2. The average Bonchev–Trinajstić information content (AvgIpc) is 2.38. The van der Waals surface area contributed by atoms with Gasteiger partial charge >= 0.3 is 0 Å². The highest BCUT2D eigenvalue weighted by atomic mass is 15.0. The molecule has 1 aromatic heterocycles. The molecule has 2 aromatic rings. The lowest BCUT2D eigenvalue weighted by Gasteiger charge is -2.08. The molecule has 0 spiro atoms. The van der Waals surface area contributed by atoms with E-state index in [1.807, 2.05) is 36.4 Å². The number of nitrogens with one attached hydrogen (secondary N) is 1. The molecule has 0 amide bonds. The molecular formula is C13H12N4. The van der Waals surface area contributed by atoms with Crippen molar-refractivity contribution >= 4 is 11.5 Å². The molecule has 0 fully saturated rings. The van der Waals surface area contributed by atoms with E-state index in [9.17, 15) is 0 Å². The van der Waals surface area contributed by atoms with Gasteiger partial charge in [-0.15, -0.1) is 0 Å². The van der Waals surface area contributed by atoms with Crippen LogP contribution in [0.2, 0.25) is 0 Å². The van der Waals surface area contributed by atoms with Crippen molar-refractivity contribution in [1.29, 1.82) is 5.26 Å². The van der Waals surface area contributed by atoms with E-state index in [0.717, 1.165) is 5.56 Å². The quantitative estimate of drug-likeness (QED) is 0.837. The van der Waals surface area contributed by atoms with E-state index in [0.29, 0.717) is 23.6 Å². The lowest BCUT2D eigenvalue weighted by atomic mass is 10.2. The summed E-state index contributed by atoms with van der Waals surface area (Å²) in [4.78, 5) is 4.11. The number of benzene rings is 1. The van der Waals surface area contributed by atoms with Crippen LogP contribution in [0.3, 0.4) is 0 Å². The molecule has 0 bridgehead atoms. The maximum absolute atomic E-state index is 8.69. The fourth-order valence-corrected chi connectivity index (χ4v) is 1.47. The number of rotatable bonds is 3. The lowest BCUT2D eigenvalue weighted by molar-refractivity contribution is 1.11. The number of anilines is 2. The molecule has 4 heteroatoms. The van der Waals surface area contributed by atoms with Gasteiger partial charge in [-0.25, -0.2) is 4.98 Å². The molecular weight excluding hydrogens is 212 g/mol. The van der Waals surface area contributed by atoms with Crippen molar-refractivity contribution in [2.24, 2.45) is 0 Å². The van der Waals surface area contributed by atoms with Crippen LogP contribution in [0.25, 0.3) is 0 Å². The van der Waals surface area contributed by atoms with Crippen LogP contribution in [-0.2, 0) is 6.54 Å². The highest BCUT2D eigenvalue weighted by Gasteiger charge is 2.01. The molecule has 0 saturated heterocycles. The first kappa shape index (κ1) is 11.0. The minimum absolute atomic E-state index is 0.466. The maximum Gasteiger partial charge on any atom is 0.149 e. The predicted octanol–water partition coefficient (Wildman–Crippen LogP) is 2.15. The Hall–Kier alpha value is -2.54. The Morgan fingerprint density at radius 1 is 1.29 bits per heavy atom. The molecule has 1 heterocycles. The Morgan fingerprint density at radius 2 is 2.06 bits per heavy atom. The summed E-state index contributed by atoms with van der Waals surface area (Å²) in [5.74, 6) is 0.604. The molecule has 84 valence electrons. The molecule has 0 aliphatic heterocycles. The first-order valence-electron chi connectivity index (χ1n) is 5.23. The van der Waals surface area contributed by atoms with Gasteiger partial charge in [0.2, 0.25) is 0 Å². The van der Waals surface area contributed by atoms with Crippen LogP contribution >= 0.6 is 0 Å². The molecule has 1 aromatic carbocycles. The number of hydrogen-bond acceptors (Lipinski definition) is 4. The van der Waals surface area contributed by atoms with Crippen LogP contribution < -0.4 is 11.1 Å². The standard InChI is InChI=1S/C13H12N4/c14-7-11-6-12(15)13(17-9-11)16-8-10-4-2-1-3-5-10/h1-6,9H,8,15H2,(H,16,17). The van der Waals surface area contributed by atoms with Crippen LogP contribution in [0.1, 0.15) is 11.1 Å². The Morgan fingerprint density at radius 3 is 2.71 bits per heavy atom. The van der Waals surface area contributed by atoms with E-state index < -0.39 is 0 Å². The van der Waals surface area contributed by atoms with E-state index in [1.165, 1.54) is 6.20 Å². The molecule has 4 nitrogen and oxygen atoms in total. The highest BCUT2D eigenvalue weighted by molar-refractivity contribution is 5.63. The van der Waals surface area contributed by atoms with E-state index >= 15 is 0 Å². The smallest absolute Gasteiger partial charge is 0.149 e. The SMILES string of the molecule is N#Cc1cnc(NCc2ccccc2)c(N)c1. The van der Waals surface area contributed by atoms with Gasteiger partial charge in [0.25, 0.3) is 0 Å². The zero-order valence-electron chi connectivity index (χ0n) is 9.22. The highest BCUT2D eigenvalue weighted by Crippen LogP contribution is 2.16. The van der Waals surface area contributed by atoms with Crippen molar-refractivity contribution in [3.63, 3.8) is 0 Å². The zero-order valence-corrected chi connectivity index (χ0v) is 9.22. The number of nitrogens with two attached hydrogens (primary N) is 1. The van der Waals surface area contributed by atoms with E-state index in [-0.39, 0.29) is 0 Å². The second kappa shape index (κ2) is 4.99. The van der Waals surface area contributed by atoms with E-state index in [1.54, 1.807) is 6.07 Å².